The Labute approximate surface area is 102 Å². The summed E-state index contributed by atoms with van der Waals surface area (Å²) in [6, 6.07) is 0.203. The molecule has 1 saturated carbocycles. The van der Waals surface area contributed by atoms with Crippen LogP contribution in [0.4, 0.5) is 13.2 Å². The quantitative estimate of drug-likeness (QED) is 0.789. The highest BCUT2D eigenvalue weighted by Crippen LogP contribution is 2.30. The van der Waals surface area contributed by atoms with Crippen molar-refractivity contribution in [1.82, 2.24) is 4.90 Å². The van der Waals surface area contributed by atoms with Gasteiger partial charge in [0, 0.05) is 19.1 Å². The highest BCUT2D eigenvalue weighted by molar-refractivity contribution is 9.09. The first-order chi connectivity index (χ1) is 7.45. The van der Waals surface area contributed by atoms with Gasteiger partial charge in [0.05, 0.1) is 6.61 Å². The molecule has 0 amide bonds. The highest BCUT2D eigenvalue weighted by atomic mass is 79.9. The highest BCUT2D eigenvalue weighted by Gasteiger charge is 2.39. The minimum atomic E-state index is -4.22. The molecule has 0 radical (unpaired) electrons. The smallest absolute Gasteiger partial charge is 0.395 e. The minimum Gasteiger partial charge on any atom is -0.395 e. The molecule has 1 unspecified atom stereocenters. The van der Waals surface area contributed by atoms with Crippen LogP contribution in [0.3, 0.4) is 0 Å². The van der Waals surface area contributed by atoms with Gasteiger partial charge in [0.15, 0.2) is 0 Å². The normalized spacial score (nSPS) is 20.6. The number of rotatable bonds is 5. The van der Waals surface area contributed by atoms with E-state index in [1.54, 1.807) is 4.90 Å². The average molecular weight is 304 g/mol. The Kier molecular flexibility index (Phi) is 5.53. The van der Waals surface area contributed by atoms with Crippen LogP contribution in [0.1, 0.15) is 25.7 Å². The van der Waals surface area contributed by atoms with Crippen LogP contribution in [-0.2, 0) is 0 Å². The van der Waals surface area contributed by atoms with Crippen LogP contribution < -0.4 is 0 Å². The summed E-state index contributed by atoms with van der Waals surface area (Å²) in [5, 5.41) is 8.87. The predicted molar refractivity (Wildman–Crippen MR) is 59.7 cm³/mol. The maximum Gasteiger partial charge on any atom is 0.402 e. The van der Waals surface area contributed by atoms with E-state index in [9.17, 15) is 13.2 Å². The molecule has 0 aromatic heterocycles. The third kappa shape index (κ3) is 4.22. The van der Waals surface area contributed by atoms with E-state index in [4.69, 9.17) is 5.11 Å². The molecule has 1 aliphatic carbocycles. The molecule has 0 aromatic rings. The van der Waals surface area contributed by atoms with Crippen LogP contribution in [0.5, 0.6) is 0 Å². The number of hydrogen-bond acceptors (Lipinski definition) is 2. The molecule has 16 heavy (non-hydrogen) atoms. The molecule has 1 fully saturated rings. The van der Waals surface area contributed by atoms with Crippen molar-refractivity contribution in [3.63, 3.8) is 0 Å². The van der Waals surface area contributed by atoms with E-state index in [1.165, 1.54) is 0 Å². The standard InChI is InChI=1S/C10H17BrF3NO/c11-9(10(12,13)14)7-15(5-6-16)8-3-1-2-4-8/h8-9,16H,1-7H2. The lowest BCUT2D eigenvalue weighted by Gasteiger charge is -2.30. The third-order valence-electron chi connectivity index (χ3n) is 2.98. The van der Waals surface area contributed by atoms with Gasteiger partial charge in [0.2, 0.25) is 0 Å². The van der Waals surface area contributed by atoms with Gasteiger partial charge >= 0.3 is 6.18 Å². The SMILES string of the molecule is OCCN(CC(Br)C(F)(F)F)C1CCCC1. The Bertz CT molecular complexity index is 207. The van der Waals surface area contributed by atoms with E-state index < -0.39 is 11.0 Å². The number of alkyl halides is 4. The summed E-state index contributed by atoms with van der Waals surface area (Å²) in [4.78, 5) is 0.243. The molecule has 0 aromatic carbocycles. The summed E-state index contributed by atoms with van der Waals surface area (Å²) in [6.07, 6.45) is -0.182. The molecule has 96 valence electrons. The lowest BCUT2D eigenvalue weighted by molar-refractivity contribution is -0.131. The first-order valence-electron chi connectivity index (χ1n) is 5.51. The maximum absolute atomic E-state index is 12.4. The lowest BCUT2D eigenvalue weighted by atomic mass is 10.2. The van der Waals surface area contributed by atoms with Crippen molar-refractivity contribution in [3.8, 4) is 0 Å². The van der Waals surface area contributed by atoms with Crippen molar-refractivity contribution >= 4 is 15.9 Å². The summed E-state index contributed by atoms with van der Waals surface area (Å²) in [7, 11) is 0. The van der Waals surface area contributed by atoms with Gasteiger partial charge in [0.1, 0.15) is 4.83 Å². The summed E-state index contributed by atoms with van der Waals surface area (Å²) in [6.45, 7) is 0.158. The first kappa shape index (κ1) is 14.3. The van der Waals surface area contributed by atoms with Crippen molar-refractivity contribution in [2.24, 2.45) is 0 Å². The van der Waals surface area contributed by atoms with Crippen LogP contribution in [0, 0.1) is 0 Å². The Hall–Kier alpha value is 0.190. The second-order valence-electron chi connectivity index (χ2n) is 4.17. The van der Waals surface area contributed by atoms with Gasteiger partial charge in [0.25, 0.3) is 0 Å². The third-order valence-corrected chi connectivity index (χ3v) is 3.79. The van der Waals surface area contributed by atoms with E-state index >= 15 is 0 Å². The zero-order valence-electron chi connectivity index (χ0n) is 9.01. The average Bonchev–Trinajstić information content (AvgIpc) is 2.68. The number of nitrogens with zero attached hydrogens (tertiary/aromatic N) is 1. The molecule has 1 atom stereocenters. The summed E-state index contributed by atoms with van der Waals surface area (Å²) in [5.74, 6) is 0. The van der Waals surface area contributed by atoms with Crippen molar-refractivity contribution in [2.75, 3.05) is 19.7 Å². The van der Waals surface area contributed by atoms with Gasteiger partial charge in [-0.1, -0.05) is 28.8 Å². The van der Waals surface area contributed by atoms with E-state index in [0.29, 0.717) is 6.54 Å². The molecule has 0 saturated heterocycles. The van der Waals surface area contributed by atoms with E-state index in [-0.39, 0.29) is 19.2 Å². The van der Waals surface area contributed by atoms with Crippen LogP contribution >= 0.6 is 15.9 Å². The zero-order valence-corrected chi connectivity index (χ0v) is 10.6. The first-order valence-corrected chi connectivity index (χ1v) is 6.42. The molecule has 0 aliphatic heterocycles. The summed E-state index contributed by atoms with van der Waals surface area (Å²) in [5.41, 5.74) is 0. The van der Waals surface area contributed by atoms with Gasteiger partial charge in [-0.3, -0.25) is 4.90 Å². The Balaban J connectivity index is 2.50. The second kappa shape index (κ2) is 6.21. The van der Waals surface area contributed by atoms with Gasteiger partial charge in [-0.25, -0.2) is 0 Å². The molecule has 0 heterocycles. The molecule has 1 N–H and O–H groups in total. The van der Waals surface area contributed by atoms with Gasteiger partial charge in [-0.2, -0.15) is 13.2 Å². The van der Waals surface area contributed by atoms with Gasteiger partial charge < -0.3 is 5.11 Å². The molecular weight excluding hydrogens is 287 g/mol. The molecule has 6 heteroatoms. The fourth-order valence-corrected chi connectivity index (χ4v) is 2.50. The van der Waals surface area contributed by atoms with Crippen molar-refractivity contribution in [2.45, 2.75) is 42.7 Å². The molecule has 0 bridgehead atoms. The maximum atomic E-state index is 12.4. The van der Waals surface area contributed by atoms with Crippen LogP contribution in [-0.4, -0.2) is 46.7 Å². The molecule has 0 spiro atoms. The number of halogens is 4. The lowest BCUT2D eigenvalue weighted by Crippen LogP contribution is -2.43. The fourth-order valence-electron chi connectivity index (χ4n) is 2.13. The molecule has 1 rings (SSSR count). The predicted octanol–water partition coefficient (Wildman–Crippen LogP) is 2.55. The summed E-state index contributed by atoms with van der Waals surface area (Å²) < 4.78 is 37.2. The number of aliphatic hydroxyl groups is 1. The minimum absolute atomic E-state index is 0.0747. The van der Waals surface area contributed by atoms with Gasteiger partial charge in [-0.05, 0) is 12.8 Å². The largest absolute Gasteiger partial charge is 0.402 e. The van der Waals surface area contributed by atoms with Gasteiger partial charge in [-0.15, -0.1) is 0 Å². The zero-order chi connectivity index (χ0) is 12.2. The summed E-state index contributed by atoms with van der Waals surface area (Å²) >= 11 is 2.67. The van der Waals surface area contributed by atoms with Crippen LogP contribution in [0.25, 0.3) is 0 Å². The Morgan fingerprint density at radius 2 is 1.88 bits per heavy atom. The topological polar surface area (TPSA) is 23.5 Å². The monoisotopic (exact) mass is 303 g/mol. The van der Waals surface area contributed by atoms with Crippen LogP contribution in [0.2, 0.25) is 0 Å². The molecule has 2 nitrogen and oxygen atoms in total. The fraction of sp³-hybridized carbons (Fsp3) is 1.00. The van der Waals surface area contributed by atoms with Crippen molar-refractivity contribution < 1.29 is 18.3 Å². The van der Waals surface area contributed by atoms with Crippen molar-refractivity contribution in [3.05, 3.63) is 0 Å². The molecule has 1 aliphatic rings. The Morgan fingerprint density at radius 3 is 2.31 bits per heavy atom. The number of aliphatic hydroxyl groups excluding tert-OH is 1. The number of hydrogen-bond donors (Lipinski definition) is 1. The molecular formula is C10H17BrF3NO. The Morgan fingerprint density at radius 1 is 1.31 bits per heavy atom. The van der Waals surface area contributed by atoms with Crippen LogP contribution in [0.15, 0.2) is 0 Å². The van der Waals surface area contributed by atoms with E-state index in [2.05, 4.69) is 15.9 Å². The van der Waals surface area contributed by atoms with E-state index in [0.717, 1.165) is 25.7 Å². The van der Waals surface area contributed by atoms with E-state index in [1.807, 2.05) is 0 Å². The van der Waals surface area contributed by atoms with Crippen molar-refractivity contribution in [1.29, 1.82) is 0 Å². The second-order valence-corrected chi connectivity index (χ2v) is 5.27.